The van der Waals surface area contributed by atoms with E-state index in [9.17, 15) is 19.7 Å². The number of nitro benzene ring substituents is 1. The van der Waals surface area contributed by atoms with Gasteiger partial charge >= 0.3 is 12.0 Å². The van der Waals surface area contributed by atoms with Gasteiger partial charge in [-0.25, -0.2) is 9.59 Å². The van der Waals surface area contributed by atoms with Gasteiger partial charge in [-0.2, -0.15) is 0 Å². The first kappa shape index (κ1) is 19.9. The van der Waals surface area contributed by atoms with E-state index in [1.54, 1.807) is 25.1 Å². The second-order valence-corrected chi connectivity index (χ2v) is 6.22. The highest BCUT2D eigenvalue weighted by Gasteiger charge is 2.32. The number of rotatable bonds is 7. The molecule has 1 aliphatic heterocycles. The molecule has 1 aliphatic rings. The van der Waals surface area contributed by atoms with Crippen molar-refractivity contribution in [3.8, 4) is 5.75 Å². The van der Waals surface area contributed by atoms with Crippen molar-refractivity contribution in [1.29, 1.82) is 0 Å². The molecule has 2 aromatic rings. The number of benzene rings is 2. The number of ether oxygens (including phenoxy) is 2. The first-order valence-corrected chi connectivity index (χ1v) is 8.83. The first-order valence-electron chi connectivity index (χ1n) is 8.83. The van der Waals surface area contributed by atoms with Crippen LogP contribution in [-0.4, -0.2) is 30.1 Å². The Labute approximate surface area is 166 Å². The molecule has 1 atom stereocenters. The van der Waals surface area contributed by atoms with Crippen molar-refractivity contribution in [3.05, 3.63) is 81.5 Å². The molecule has 150 valence electrons. The molecule has 0 aromatic heterocycles. The summed E-state index contributed by atoms with van der Waals surface area (Å²) in [4.78, 5) is 35.1. The minimum Gasteiger partial charge on any atom is -0.490 e. The average Bonchev–Trinajstić information content (AvgIpc) is 2.71. The molecule has 0 saturated carbocycles. The van der Waals surface area contributed by atoms with Crippen molar-refractivity contribution in [3.63, 3.8) is 0 Å². The Balaban J connectivity index is 1.72. The van der Waals surface area contributed by atoms with Gasteiger partial charge in [0.25, 0.3) is 5.69 Å². The van der Waals surface area contributed by atoms with Crippen LogP contribution < -0.4 is 15.4 Å². The molecular weight excluding hydrogens is 378 g/mol. The molecule has 1 heterocycles. The zero-order chi connectivity index (χ0) is 20.8. The minimum absolute atomic E-state index is 0.000111. The quantitative estimate of drug-likeness (QED) is 0.321. The van der Waals surface area contributed by atoms with Crippen LogP contribution in [0.5, 0.6) is 5.75 Å². The maximum absolute atomic E-state index is 12.7. The fourth-order valence-corrected chi connectivity index (χ4v) is 2.92. The van der Waals surface area contributed by atoms with E-state index in [-0.39, 0.29) is 24.5 Å². The maximum Gasteiger partial charge on any atom is 0.338 e. The lowest BCUT2D eigenvalue weighted by Crippen LogP contribution is -2.45. The Morgan fingerprint density at radius 1 is 1.14 bits per heavy atom. The molecule has 3 rings (SSSR count). The van der Waals surface area contributed by atoms with Gasteiger partial charge in [0, 0.05) is 17.8 Å². The van der Waals surface area contributed by atoms with Gasteiger partial charge < -0.3 is 20.1 Å². The molecule has 2 amide bonds. The number of nitrogens with zero attached hydrogens (tertiary/aromatic N) is 1. The highest BCUT2D eigenvalue weighted by atomic mass is 16.6. The van der Waals surface area contributed by atoms with Crippen molar-refractivity contribution < 1.29 is 24.0 Å². The number of nitrogens with one attached hydrogen (secondary N) is 2. The molecule has 9 heteroatoms. The van der Waals surface area contributed by atoms with E-state index in [1.165, 1.54) is 18.2 Å². The van der Waals surface area contributed by atoms with Crippen LogP contribution in [0.25, 0.3) is 0 Å². The summed E-state index contributed by atoms with van der Waals surface area (Å²) < 4.78 is 10.8. The first-order chi connectivity index (χ1) is 14.0. The monoisotopic (exact) mass is 397 g/mol. The van der Waals surface area contributed by atoms with Crippen LogP contribution in [0, 0.1) is 10.1 Å². The lowest BCUT2D eigenvalue weighted by molar-refractivity contribution is -0.384. The summed E-state index contributed by atoms with van der Waals surface area (Å²) >= 11 is 0. The molecule has 0 saturated heterocycles. The summed E-state index contributed by atoms with van der Waals surface area (Å²) in [6, 6.07) is 13.5. The van der Waals surface area contributed by atoms with Gasteiger partial charge in [0.1, 0.15) is 19.0 Å². The predicted molar refractivity (Wildman–Crippen MR) is 103 cm³/mol. The Morgan fingerprint density at radius 3 is 2.62 bits per heavy atom. The number of hydrogen-bond donors (Lipinski definition) is 2. The normalized spacial score (nSPS) is 15.9. The Morgan fingerprint density at radius 2 is 1.90 bits per heavy atom. The second-order valence-electron chi connectivity index (χ2n) is 6.22. The minimum atomic E-state index is -0.869. The van der Waals surface area contributed by atoms with E-state index >= 15 is 0 Å². The van der Waals surface area contributed by atoms with Crippen molar-refractivity contribution in [2.75, 3.05) is 13.2 Å². The van der Waals surface area contributed by atoms with Gasteiger partial charge in [0.2, 0.25) is 0 Å². The number of amides is 2. The Bertz CT molecular complexity index is 958. The Hall–Kier alpha value is -3.88. The zero-order valence-corrected chi connectivity index (χ0v) is 15.6. The van der Waals surface area contributed by atoms with Gasteiger partial charge in [-0.05, 0) is 24.6 Å². The van der Waals surface area contributed by atoms with Gasteiger partial charge in [-0.1, -0.05) is 30.3 Å². The summed E-state index contributed by atoms with van der Waals surface area (Å²) in [6.45, 7) is 1.73. The van der Waals surface area contributed by atoms with Gasteiger partial charge in [-0.3, -0.25) is 10.1 Å². The third-order valence-corrected chi connectivity index (χ3v) is 4.23. The molecule has 0 fully saturated rings. The van der Waals surface area contributed by atoms with Crippen LogP contribution >= 0.6 is 0 Å². The molecule has 2 N–H and O–H groups in total. The van der Waals surface area contributed by atoms with Gasteiger partial charge in [0.05, 0.1) is 16.5 Å². The SMILES string of the molecule is CC1=C(C(=O)OCCOc2ccccc2)[C@H](c2cccc([N+](=O)[O-])c2)NC(=O)N1. The van der Waals surface area contributed by atoms with E-state index in [0.717, 1.165) is 0 Å². The molecule has 0 aliphatic carbocycles. The molecule has 0 unspecified atom stereocenters. The number of carbonyl (C=O) groups is 2. The van der Waals surface area contributed by atoms with Crippen molar-refractivity contribution in [2.24, 2.45) is 0 Å². The standard InChI is InChI=1S/C20H19N3O6/c1-13-17(19(24)29-11-10-28-16-8-3-2-4-9-16)18(22-20(25)21-13)14-6-5-7-15(12-14)23(26)27/h2-9,12,18H,10-11H2,1H3,(H2,21,22,25)/t18-/m0/s1. The van der Waals surface area contributed by atoms with Crippen LogP contribution in [0.3, 0.4) is 0 Å². The van der Waals surface area contributed by atoms with E-state index in [4.69, 9.17) is 9.47 Å². The predicted octanol–water partition coefficient (Wildman–Crippen LogP) is 2.84. The van der Waals surface area contributed by atoms with E-state index in [2.05, 4.69) is 10.6 Å². The fourth-order valence-electron chi connectivity index (χ4n) is 2.92. The topological polar surface area (TPSA) is 120 Å². The molecular formula is C20H19N3O6. The number of para-hydroxylation sites is 1. The third-order valence-electron chi connectivity index (χ3n) is 4.23. The van der Waals surface area contributed by atoms with Crippen LogP contribution in [0.1, 0.15) is 18.5 Å². The number of allylic oxidation sites excluding steroid dienone is 1. The molecule has 0 spiro atoms. The number of nitro groups is 1. The highest BCUT2D eigenvalue weighted by Crippen LogP contribution is 2.29. The average molecular weight is 397 g/mol. The van der Waals surface area contributed by atoms with Crippen LogP contribution in [0.15, 0.2) is 65.9 Å². The van der Waals surface area contributed by atoms with Crippen LogP contribution in [0.4, 0.5) is 10.5 Å². The maximum atomic E-state index is 12.7. The van der Waals surface area contributed by atoms with Crippen LogP contribution in [-0.2, 0) is 9.53 Å². The van der Waals surface area contributed by atoms with Gasteiger partial charge in [-0.15, -0.1) is 0 Å². The van der Waals surface area contributed by atoms with Crippen molar-refractivity contribution in [1.82, 2.24) is 10.6 Å². The lowest BCUT2D eigenvalue weighted by atomic mass is 9.95. The Kier molecular flexibility index (Phi) is 6.08. The molecule has 9 nitrogen and oxygen atoms in total. The molecule has 29 heavy (non-hydrogen) atoms. The molecule has 0 radical (unpaired) electrons. The summed E-state index contributed by atoms with van der Waals surface area (Å²) in [6.07, 6.45) is 0. The molecule has 2 aromatic carbocycles. The number of non-ortho nitro benzene ring substituents is 1. The number of hydrogen-bond acceptors (Lipinski definition) is 6. The summed E-state index contributed by atoms with van der Waals surface area (Å²) in [5, 5.41) is 16.2. The van der Waals surface area contributed by atoms with E-state index in [0.29, 0.717) is 17.0 Å². The summed E-state index contributed by atoms with van der Waals surface area (Å²) in [5.74, 6) is 0.00295. The smallest absolute Gasteiger partial charge is 0.338 e. The van der Waals surface area contributed by atoms with Gasteiger partial charge in [0.15, 0.2) is 0 Å². The summed E-state index contributed by atoms with van der Waals surface area (Å²) in [5.41, 5.74) is 0.752. The van der Waals surface area contributed by atoms with Crippen LogP contribution in [0.2, 0.25) is 0 Å². The van der Waals surface area contributed by atoms with E-state index in [1.807, 2.05) is 18.2 Å². The number of esters is 1. The summed E-state index contributed by atoms with van der Waals surface area (Å²) in [7, 11) is 0. The second kappa shape index (κ2) is 8.87. The van der Waals surface area contributed by atoms with Crippen molar-refractivity contribution >= 4 is 17.7 Å². The highest BCUT2D eigenvalue weighted by molar-refractivity contribution is 5.95. The number of urea groups is 1. The fraction of sp³-hybridized carbons (Fsp3) is 0.200. The largest absolute Gasteiger partial charge is 0.490 e. The third kappa shape index (κ3) is 4.89. The number of carbonyl (C=O) groups excluding carboxylic acids is 2. The molecule has 0 bridgehead atoms. The van der Waals surface area contributed by atoms with Crippen molar-refractivity contribution in [2.45, 2.75) is 13.0 Å². The lowest BCUT2D eigenvalue weighted by Gasteiger charge is -2.28. The zero-order valence-electron chi connectivity index (χ0n) is 15.6. The van der Waals surface area contributed by atoms with E-state index < -0.39 is 23.0 Å².